The van der Waals surface area contributed by atoms with Crippen LogP contribution in [0.5, 0.6) is 0 Å². The number of allylic oxidation sites excluding steroid dienone is 1. The van der Waals surface area contributed by atoms with Gasteiger partial charge in [0.15, 0.2) is 0 Å². The largest absolute Gasteiger partial charge is 0.417 e. The lowest BCUT2D eigenvalue weighted by Gasteiger charge is -2.37. The van der Waals surface area contributed by atoms with Crippen LogP contribution in [0.3, 0.4) is 0 Å². The molecule has 0 radical (unpaired) electrons. The summed E-state index contributed by atoms with van der Waals surface area (Å²) in [6.07, 6.45) is 1.76. The smallest absolute Gasteiger partial charge is 0.331 e. The third-order valence-corrected chi connectivity index (χ3v) is 10.4. The first-order valence-corrected chi connectivity index (χ1v) is 17.1. The predicted octanol–water partition coefficient (Wildman–Crippen LogP) is 7.16. The molecule has 3 aromatic carbocycles. The molecular weight excluding hydrogens is 677 g/mol. The first kappa shape index (κ1) is 33.0. The molecule has 0 saturated heterocycles. The lowest BCUT2D eigenvalue weighted by Crippen LogP contribution is -2.46. The second-order valence-electron chi connectivity index (χ2n) is 13.3. The van der Waals surface area contributed by atoms with Crippen molar-refractivity contribution in [2.45, 2.75) is 57.7 Å². The van der Waals surface area contributed by atoms with Crippen LogP contribution in [0.4, 0.5) is 13.2 Å². The lowest BCUT2D eigenvalue weighted by atomic mass is 9.99. The van der Waals surface area contributed by atoms with Crippen molar-refractivity contribution in [3.05, 3.63) is 134 Å². The van der Waals surface area contributed by atoms with Gasteiger partial charge in [0.2, 0.25) is 0 Å². The number of nitrogens with zero attached hydrogens (tertiary/aromatic N) is 5. The zero-order chi connectivity index (χ0) is 35.8. The number of nitrogens with two attached hydrogens (primary N) is 1. The standard InChI is InChI=1S/C39H32ClF3N6O2/c1-22(25-12-13-25)46-21-27-17-24(18-30(39(41,42)43)35(27)37(46)50)11-14-28-15-16-47-34(45-28)20-33(44)49(47)23(2)32-19-26-7-6-10-31(40)36(26)38(51)48(32)29-8-4-3-5-9-29/h3-10,15-20,22-23,25,33H,12-13,21,44H2,1-2H3/t22-,23-,33?/m0/s1. The summed E-state index contributed by atoms with van der Waals surface area (Å²) in [4.78, 5) is 33.3. The van der Waals surface area contributed by atoms with Crippen LogP contribution in [0.2, 0.25) is 5.02 Å². The number of rotatable bonds is 5. The Bertz CT molecular complexity index is 2330. The molecule has 51 heavy (non-hydrogen) atoms. The highest BCUT2D eigenvalue weighted by atomic mass is 35.5. The van der Waals surface area contributed by atoms with E-state index in [2.05, 4.69) is 16.8 Å². The monoisotopic (exact) mass is 708 g/mol. The zero-order valence-electron chi connectivity index (χ0n) is 27.7. The molecule has 1 aromatic heterocycles. The average molecular weight is 709 g/mol. The summed E-state index contributed by atoms with van der Waals surface area (Å²) in [6.45, 7) is 3.97. The first-order chi connectivity index (χ1) is 24.4. The third kappa shape index (κ3) is 5.73. The van der Waals surface area contributed by atoms with E-state index in [4.69, 9.17) is 17.3 Å². The number of pyridine rings is 1. The Morgan fingerprint density at radius 1 is 1.00 bits per heavy atom. The van der Waals surface area contributed by atoms with Gasteiger partial charge in [-0.1, -0.05) is 47.9 Å². The second kappa shape index (κ2) is 12.3. The minimum Gasteiger partial charge on any atom is -0.331 e. The molecule has 4 heterocycles. The fourth-order valence-corrected chi connectivity index (χ4v) is 7.59. The molecular formula is C39H32ClF3N6O2. The van der Waals surface area contributed by atoms with Crippen LogP contribution in [0.25, 0.3) is 16.5 Å². The number of carbonyl (C=O) groups excluding carboxylic acids is 1. The van der Waals surface area contributed by atoms with Crippen molar-refractivity contribution in [2.75, 3.05) is 0 Å². The molecule has 8 nitrogen and oxygen atoms in total. The summed E-state index contributed by atoms with van der Waals surface area (Å²) in [7, 11) is 0. The van der Waals surface area contributed by atoms with Gasteiger partial charge in [-0.05, 0) is 98.0 Å². The van der Waals surface area contributed by atoms with Gasteiger partial charge in [-0.25, -0.2) is 4.99 Å². The summed E-state index contributed by atoms with van der Waals surface area (Å²) >= 11 is 6.50. The molecule has 1 fully saturated rings. The molecule has 3 atom stereocenters. The second-order valence-corrected chi connectivity index (χ2v) is 13.7. The van der Waals surface area contributed by atoms with E-state index in [1.165, 1.54) is 0 Å². The number of para-hydroxylation sites is 1. The van der Waals surface area contributed by atoms with Gasteiger partial charge in [0.05, 0.1) is 33.7 Å². The van der Waals surface area contributed by atoms with E-state index in [9.17, 15) is 22.8 Å². The highest BCUT2D eigenvalue weighted by molar-refractivity contribution is 6.35. The summed E-state index contributed by atoms with van der Waals surface area (Å²) in [5.41, 5.74) is 7.30. The number of amides is 1. The van der Waals surface area contributed by atoms with Crippen molar-refractivity contribution in [1.29, 1.82) is 0 Å². The maximum Gasteiger partial charge on any atom is 0.417 e. The molecule has 1 aliphatic carbocycles. The Morgan fingerprint density at radius 2 is 1.76 bits per heavy atom. The van der Waals surface area contributed by atoms with E-state index in [0.717, 1.165) is 18.9 Å². The molecule has 1 amide bonds. The number of hydrazine groups is 1. The topological polar surface area (TPSA) is 87.2 Å². The minimum absolute atomic E-state index is 0.121. The van der Waals surface area contributed by atoms with Crippen LogP contribution in [0.15, 0.2) is 101 Å². The van der Waals surface area contributed by atoms with Gasteiger partial charge in [0.25, 0.3) is 11.5 Å². The first-order valence-electron chi connectivity index (χ1n) is 16.7. The fourth-order valence-electron chi connectivity index (χ4n) is 7.32. The van der Waals surface area contributed by atoms with E-state index < -0.39 is 29.9 Å². The molecule has 12 heteroatoms. The van der Waals surface area contributed by atoms with Crippen molar-refractivity contribution in [3.63, 3.8) is 0 Å². The minimum atomic E-state index is -4.72. The van der Waals surface area contributed by atoms with Gasteiger partial charge in [-0.15, -0.1) is 0 Å². The molecule has 1 saturated carbocycles. The zero-order valence-corrected chi connectivity index (χ0v) is 28.4. The van der Waals surface area contributed by atoms with Crippen molar-refractivity contribution in [3.8, 4) is 17.5 Å². The van der Waals surface area contributed by atoms with E-state index in [-0.39, 0.29) is 29.3 Å². The number of benzene rings is 3. The van der Waals surface area contributed by atoms with Crippen molar-refractivity contribution < 1.29 is 18.0 Å². The fraction of sp³-hybridized carbons (Fsp3) is 0.256. The van der Waals surface area contributed by atoms with Crippen LogP contribution in [-0.4, -0.2) is 43.3 Å². The van der Waals surface area contributed by atoms with Crippen LogP contribution < -0.4 is 11.3 Å². The highest BCUT2D eigenvalue weighted by Crippen LogP contribution is 2.42. The van der Waals surface area contributed by atoms with Gasteiger partial charge in [0, 0.05) is 35.7 Å². The van der Waals surface area contributed by atoms with Gasteiger partial charge >= 0.3 is 6.18 Å². The molecule has 0 spiro atoms. The Kier molecular flexibility index (Phi) is 7.94. The number of hydrogen-bond acceptors (Lipinski definition) is 6. The molecule has 2 N–H and O–H groups in total. The Hall–Kier alpha value is -5.15. The summed E-state index contributed by atoms with van der Waals surface area (Å²) < 4.78 is 44.3. The Balaban J connectivity index is 1.10. The quantitative estimate of drug-likeness (QED) is 0.223. The number of halogens is 4. The van der Waals surface area contributed by atoms with Crippen LogP contribution in [0, 0.1) is 17.8 Å². The van der Waals surface area contributed by atoms with E-state index >= 15 is 0 Å². The third-order valence-electron chi connectivity index (χ3n) is 10.1. The number of aromatic nitrogens is 1. The average Bonchev–Trinajstić information content (AvgIpc) is 3.83. The predicted molar refractivity (Wildman–Crippen MR) is 190 cm³/mol. The molecule has 4 aromatic rings. The number of aliphatic imine (C=N–C) groups is 1. The molecule has 4 aliphatic rings. The van der Waals surface area contributed by atoms with Crippen LogP contribution in [0.1, 0.15) is 65.5 Å². The molecule has 1 unspecified atom stereocenters. The Morgan fingerprint density at radius 3 is 2.49 bits per heavy atom. The summed E-state index contributed by atoms with van der Waals surface area (Å²) in [5.74, 6) is 6.00. The van der Waals surface area contributed by atoms with E-state index in [0.29, 0.717) is 50.2 Å². The number of hydrogen-bond donors (Lipinski definition) is 1. The highest BCUT2D eigenvalue weighted by Gasteiger charge is 2.44. The normalized spacial score (nSPS) is 19.7. The lowest BCUT2D eigenvalue weighted by molar-refractivity contribution is -0.138. The van der Waals surface area contributed by atoms with Crippen LogP contribution in [-0.2, 0) is 12.7 Å². The Labute approximate surface area is 296 Å². The van der Waals surface area contributed by atoms with Crippen molar-refractivity contribution in [1.82, 2.24) is 19.5 Å². The van der Waals surface area contributed by atoms with Gasteiger partial charge in [0.1, 0.15) is 11.5 Å². The van der Waals surface area contributed by atoms with Crippen LogP contribution >= 0.6 is 11.6 Å². The number of alkyl halides is 3. The summed E-state index contributed by atoms with van der Waals surface area (Å²) in [6, 6.07) is 18.5. The van der Waals surface area contributed by atoms with E-state index in [1.807, 2.05) is 61.3 Å². The van der Waals surface area contributed by atoms with E-state index in [1.54, 1.807) is 51.0 Å². The summed E-state index contributed by atoms with van der Waals surface area (Å²) in [5, 5.41) is 5.13. The molecule has 0 bridgehead atoms. The molecule has 258 valence electrons. The maximum absolute atomic E-state index is 14.2. The number of carbonyl (C=O) groups is 1. The van der Waals surface area contributed by atoms with Crippen molar-refractivity contribution >= 4 is 34.0 Å². The van der Waals surface area contributed by atoms with Gasteiger partial charge in [-0.2, -0.15) is 18.2 Å². The number of fused-ring (bicyclic) bond motifs is 3. The van der Waals surface area contributed by atoms with Gasteiger partial charge in [-0.3, -0.25) is 19.2 Å². The molecule has 8 rings (SSSR count). The van der Waals surface area contributed by atoms with Gasteiger partial charge < -0.3 is 10.6 Å². The molecule has 3 aliphatic heterocycles. The maximum atomic E-state index is 14.2. The SMILES string of the molecule is C[C@@H](C1CC1)N1Cc2cc(C#CC3=NC4=CC(N)N([C@@H](C)c5cc6cccc(Cl)c6c(=O)n5-c5ccccc5)N4C=C3)cc(C(F)(F)F)c2C1=O. The van der Waals surface area contributed by atoms with Crippen molar-refractivity contribution in [2.24, 2.45) is 16.6 Å².